The second-order valence-electron chi connectivity index (χ2n) is 5.43. The molecule has 1 aromatic rings. The number of nitrogens with one attached hydrogen (secondary N) is 1. The summed E-state index contributed by atoms with van der Waals surface area (Å²) in [5.41, 5.74) is 1.27. The molecule has 2 rings (SSSR count). The van der Waals surface area contributed by atoms with Gasteiger partial charge in [-0.15, -0.1) is 0 Å². The minimum atomic E-state index is -3.80. The summed E-state index contributed by atoms with van der Waals surface area (Å²) in [6, 6.07) is 6.31. The number of methoxy groups -OCH3 is 1. The number of sulfonamides is 1. The molecule has 124 valence electrons. The number of ketones is 1. The van der Waals surface area contributed by atoms with Gasteiger partial charge in [0.05, 0.1) is 17.9 Å². The average Bonchev–Trinajstić information content (AvgIpc) is 2.52. The second kappa shape index (κ2) is 6.91. The Bertz CT molecular complexity index is 738. The summed E-state index contributed by atoms with van der Waals surface area (Å²) < 4.78 is 28.9. The van der Waals surface area contributed by atoms with Crippen molar-refractivity contribution in [2.24, 2.45) is 11.0 Å². The third-order valence-electron chi connectivity index (χ3n) is 3.55. The lowest BCUT2D eigenvalue weighted by Crippen LogP contribution is -2.31. The number of carbonyl (C=O) groups is 2. The van der Waals surface area contributed by atoms with E-state index in [4.69, 9.17) is 0 Å². The van der Waals surface area contributed by atoms with Gasteiger partial charge < -0.3 is 4.74 Å². The number of ether oxygens (including phenoxy) is 1. The van der Waals surface area contributed by atoms with Crippen molar-refractivity contribution < 1.29 is 22.7 Å². The fraction of sp³-hybridized carbons (Fsp3) is 0.400. The molecule has 1 N–H and O–H groups in total. The van der Waals surface area contributed by atoms with Crippen LogP contribution in [-0.4, -0.2) is 33.0 Å². The van der Waals surface area contributed by atoms with Crippen molar-refractivity contribution in [3.05, 3.63) is 29.8 Å². The van der Waals surface area contributed by atoms with E-state index in [2.05, 4.69) is 14.7 Å². The van der Waals surface area contributed by atoms with Crippen LogP contribution >= 0.6 is 0 Å². The molecular weight excluding hydrogens is 320 g/mol. The zero-order valence-electron chi connectivity index (χ0n) is 12.9. The molecular formula is C15H18N2O5S. The predicted octanol–water partition coefficient (Wildman–Crippen LogP) is 1.17. The maximum absolute atomic E-state index is 12.1. The van der Waals surface area contributed by atoms with E-state index in [-0.39, 0.29) is 29.9 Å². The summed E-state index contributed by atoms with van der Waals surface area (Å²) in [5.74, 6) is -1.27. The number of rotatable bonds is 4. The van der Waals surface area contributed by atoms with Gasteiger partial charge in [-0.25, -0.2) is 4.83 Å². The molecule has 8 heteroatoms. The van der Waals surface area contributed by atoms with Crippen molar-refractivity contribution in [2.75, 3.05) is 7.11 Å². The number of carbonyl (C=O) groups excluding carboxylic acids is 2. The van der Waals surface area contributed by atoms with Crippen LogP contribution in [0.2, 0.25) is 0 Å². The molecule has 23 heavy (non-hydrogen) atoms. The monoisotopic (exact) mass is 338 g/mol. The van der Waals surface area contributed by atoms with Gasteiger partial charge in [0.25, 0.3) is 10.0 Å². The number of benzene rings is 1. The lowest BCUT2D eigenvalue weighted by Gasteiger charge is -2.20. The molecule has 7 nitrogen and oxygen atoms in total. The van der Waals surface area contributed by atoms with Crippen LogP contribution in [0, 0.1) is 12.8 Å². The van der Waals surface area contributed by atoms with E-state index < -0.39 is 21.9 Å². The Morgan fingerprint density at radius 2 is 1.91 bits per heavy atom. The number of hydrogen-bond donors (Lipinski definition) is 1. The van der Waals surface area contributed by atoms with Crippen molar-refractivity contribution in [3.63, 3.8) is 0 Å². The Morgan fingerprint density at radius 3 is 2.52 bits per heavy atom. The number of Topliss-reactive ketones (excluding diaryl/α,β-unsaturated/α-hetero) is 1. The van der Waals surface area contributed by atoms with Gasteiger partial charge >= 0.3 is 5.97 Å². The maximum atomic E-state index is 12.1. The van der Waals surface area contributed by atoms with E-state index in [1.165, 1.54) is 19.2 Å². The van der Waals surface area contributed by atoms with E-state index in [1.807, 2.05) is 6.92 Å². The summed E-state index contributed by atoms with van der Waals surface area (Å²) in [7, 11) is -2.55. The zero-order valence-corrected chi connectivity index (χ0v) is 13.7. The van der Waals surface area contributed by atoms with E-state index in [0.717, 1.165) is 5.56 Å². The van der Waals surface area contributed by atoms with E-state index in [1.54, 1.807) is 12.1 Å². The van der Waals surface area contributed by atoms with Gasteiger partial charge in [-0.1, -0.05) is 17.7 Å². The molecule has 0 amide bonds. The van der Waals surface area contributed by atoms with Crippen molar-refractivity contribution in [1.29, 1.82) is 0 Å². The third kappa shape index (κ3) is 4.38. The first-order valence-corrected chi connectivity index (χ1v) is 8.53. The van der Waals surface area contributed by atoms with Crippen molar-refractivity contribution in [1.82, 2.24) is 4.83 Å². The van der Waals surface area contributed by atoms with E-state index >= 15 is 0 Å². The van der Waals surface area contributed by atoms with Gasteiger partial charge in [0.2, 0.25) is 0 Å². The predicted molar refractivity (Wildman–Crippen MR) is 83.3 cm³/mol. The fourth-order valence-corrected chi connectivity index (χ4v) is 3.17. The van der Waals surface area contributed by atoms with Crippen LogP contribution in [0.15, 0.2) is 34.3 Å². The molecule has 0 radical (unpaired) electrons. The van der Waals surface area contributed by atoms with Crippen LogP contribution in [0.3, 0.4) is 0 Å². The number of aryl methyl sites for hydroxylation is 1. The molecule has 0 saturated heterocycles. The maximum Gasteiger partial charge on any atom is 0.309 e. The Hall–Kier alpha value is -2.22. The average molecular weight is 338 g/mol. The van der Waals surface area contributed by atoms with Crippen LogP contribution in [-0.2, 0) is 24.3 Å². The first-order chi connectivity index (χ1) is 10.8. The van der Waals surface area contributed by atoms with Crippen molar-refractivity contribution >= 4 is 27.5 Å². The molecule has 0 heterocycles. The molecule has 1 saturated carbocycles. The lowest BCUT2D eigenvalue weighted by molar-refractivity contribution is -0.147. The Balaban J connectivity index is 2.13. The van der Waals surface area contributed by atoms with Crippen molar-refractivity contribution in [2.45, 2.75) is 31.1 Å². The van der Waals surface area contributed by atoms with Gasteiger partial charge in [-0.3, -0.25) is 9.59 Å². The molecule has 0 bridgehead atoms. The summed E-state index contributed by atoms with van der Waals surface area (Å²) in [6.07, 6.45) is 0.329. The summed E-state index contributed by atoms with van der Waals surface area (Å²) in [5, 5.41) is 3.82. The summed E-state index contributed by atoms with van der Waals surface area (Å²) in [4.78, 5) is 25.4. The lowest BCUT2D eigenvalue weighted by atomic mass is 9.87. The molecule has 1 fully saturated rings. The topological polar surface area (TPSA) is 102 Å². The summed E-state index contributed by atoms with van der Waals surface area (Å²) in [6.45, 7) is 1.85. The van der Waals surface area contributed by atoms with Gasteiger partial charge in [0.1, 0.15) is 5.78 Å². The highest BCUT2D eigenvalue weighted by atomic mass is 32.2. The highest BCUT2D eigenvalue weighted by molar-refractivity contribution is 7.89. The second-order valence-corrected chi connectivity index (χ2v) is 7.09. The quantitative estimate of drug-likeness (QED) is 0.656. The van der Waals surface area contributed by atoms with Crippen LogP contribution in [0.5, 0.6) is 0 Å². The zero-order chi connectivity index (χ0) is 17.0. The molecule has 1 aromatic carbocycles. The molecule has 1 aliphatic rings. The molecule has 0 spiro atoms. The van der Waals surface area contributed by atoms with Crippen LogP contribution in [0.4, 0.5) is 0 Å². The van der Waals surface area contributed by atoms with Crippen LogP contribution < -0.4 is 4.83 Å². The van der Waals surface area contributed by atoms with Crippen LogP contribution in [0.25, 0.3) is 0 Å². The number of hydrazone groups is 1. The van der Waals surface area contributed by atoms with E-state index in [0.29, 0.717) is 5.71 Å². The summed E-state index contributed by atoms with van der Waals surface area (Å²) >= 11 is 0. The van der Waals surface area contributed by atoms with Gasteiger partial charge in [0, 0.05) is 25.0 Å². The minimum absolute atomic E-state index is 0.0317. The van der Waals surface area contributed by atoms with Crippen molar-refractivity contribution in [3.8, 4) is 0 Å². The smallest absolute Gasteiger partial charge is 0.309 e. The number of nitrogens with zero attached hydrogens (tertiary/aromatic N) is 1. The normalized spacial score (nSPS) is 20.3. The minimum Gasteiger partial charge on any atom is -0.469 e. The first kappa shape index (κ1) is 17.1. The van der Waals surface area contributed by atoms with E-state index in [9.17, 15) is 18.0 Å². The highest BCUT2D eigenvalue weighted by Crippen LogP contribution is 2.21. The molecule has 1 unspecified atom stereocenters. The first-order valence-electron chi connectivity index (χ1n) is 7.05. The third-order valence-corrected chi connectivity index (χ3v) is 4.77. The largest absolute Gasteiger partial charge is 0.469 e. The molecule has 0 aliphatic heterocycles. The molecule has 1 aliphatic carbocycles. The molecule has 1 atom stereocenters. The number of hydrogen-bond acceptors (Lipinski definition) is 6. The van der Waals surface area contributed by atoms with Gasteiger partial charge in [-0.05, 0) is 19.1 Å². The SMILES string of the molecule is COC(=O)C1CC(=O)C/C(=N\NS(=O)(=O)c2ccc(C)cc2)C1. The van der Waals surface area contributed by atoms with Gasteiger partial charge in [0.15, 0.2) is 0 Å². The van der Waals surface area contributed by atoms with Gasteiger partial charge in [-0.2, -0.15) is 13.5 Å². The Kier molecular flexibility index (Phi) is 5.15. The Labute approximate surface area is 134 Å². The fourth-order valence-electron chi connectivity index (χ4n) is 2.32. The molecule has 0 aromatic heterocycles. The standard InChI is InChI=1S/C15H18N2O5S/c1-10-3-5-14(6-4-10)23(20,21)17-16-12-7-11(15(19)22-2)8-13(18)9-12/h3-6,11,17H,7-9H2,1-2H3/b16-12-. The van der Waals surface area contributed by atoms with Crippen LogP contribution in [0.1, 0.15) is 24.8 Å². The Morgan fingerprint density at radius 1 is 1.26 bits per heavy atom. The highest BCUT2D eigenvalue weighted by Gasteiger charge is 2.30. The number of esters is 1.